The van der Waals surface area contributed by atoms with Gasteiger partial charge in [0.15, 0.2) is 11.5 Å². The Bertz CT molecular complexity index is 930. The zero-order valence-corrected chi connectivity index (χ0v) is 14.7. The van der Waals surface area contributed by atoms with Gasteiger partial charge >= 0.3 is 0 Å². The predicted molar refractivity (Wildman–Crippen MR) is 100 cm³/mol. The zero-order chi connectivity index (χ0) is 18.4. The predicted octanol–water partition coefficient (Wildman–Crippen LogP) is 4.82. The molecule has 0 aliphatic carbocycles. The van der Waals surface area contributed by atoms with E-state index >= 15 is 0 Å². The monoisotopic (exact) mass is 345 g/mol. The van der Waals surface area contributed by atoms with Crippen molar-refractivity contribution in [2.24, 2.45) is 0 Å². The van der Waals surface area contributed by atoms with E-state index in [1.165, 1.54) is 0 Å². The first kappa shape index (κ1) is 17.4. The summed E-state index contributed by atoms with van der Waals surface area (Å²) < 4.78 is 16.7. The van der Waals surface area contributed by atoms with Crippen molar-refractivity contribution in [1.82, 2.24) is 0 Å². The number of hydrogen-bond donors (Lipinski definition) is 0. The maximum Gasteiger partial charge on any atom is 0.168 e. The summed E-state index contributed by atoms with van der Waals surface area (Å²) in [4.78, 5) is 0. The molecule has 26 heavy (non-hydrogen) atoms. The molecule has 0 aliphatic heterocycles. The first-order chi connectivity index (χ1) is 12.8. The Morgan fingerprint density at radius 3 is 2.35 bits per heavy atom. The van der Waals surface area contributed by atoms with Crippen LogP contribution in [0, 0.1) is 11.3 Å². The van der Waals surface area contributed by atoms with Gasteiger partial charge in [0.1, 0.15) is 18.4 Å². The highest BCUT2D eigenvalue weighted by atomic mass is 16.5. The fourth-order valence-electron chi connectivity index (χ4n) is 2.76. The van der Waals surface area contributed by atoms with Gasteiger partial charge in [-0.3, -0.25) is 0 Å². The van der Waals surface area contributed by atoms with Gasteiger partial charge in [-0.2, -0.15) is 5.26 Å². The minimum atomic E-state index is 0.414. The molecule has 0 aliphatic rings. The van der Waals surface area contributed by atoms with Crippen molar-refractivity contribution in [2.45, 2.75) is 6.61 Å². The van der Waals surface area contributed by atoms with E-state index in [0.717, 1.165) is 16.7 Å². The van der Waals surface area contributed by atoms with Crippen LogP contribution in [0.1, 0.15) is 11.1 Å². The molecular weight excluding hydrogens is 326 g/mol. The van der Waals surface area contributed by atoms with Gasteiger partial charge in [0.25, 0.3) is 0 Å². The number of para-hydroxylation sites is 1. The standard InChI is InChI=1S/C22H19NO3/c1-24-21-10-6-9-19(22(21)25-2)17-11-12-20(18(13-17)14-23)26-15-16-7-4-3-5-8-16/h3-13H,15H2,1-2H3. The molecule has 0 amide bonds. The van der Waals surface area contributed by atoms with Gasteiger partial charge in [-0.15, -0.1) is 0 Å². The fraction of sp³-hybridized carbons (Fsp3) is 0.136. The molecule has 0 saturated carbocycles. The molecule has 3 aromatic carbocycles. The quantitative estimate of drug-likeness (QED) is 0.642. The summed E-state index contributed by atoms with van der Waals surface area (Å²) in [6.45, 7) is 0.414. The zero-order valence-electron chi connectivity index (χ0n) is 14.7. The first-order valence-electron chi connectivity index (χ1n) is 8.19. The van der Waals surface area contributed by atoms with Crippen molar-refractivity contribution in [3.8, 4) is 34.4 Å². The van der Waals surface area contributed by atoms with Crippen LogP contribution in [-0.4, -0.2) is 14.2 Å². The van der Waals surface area contributed by atoms with Crippen molar-refractivity contribution >= 4 is 0 Å². The van der Waals surface area contributed by atoms with Crippen LogP contribution < -0.4 is 14.2 Å². The lowest BCUT2D eigenvalue weighted by Gasteiger charge is -2.14. The molecule has 0 unspecified atom stereocenters. The Kier molecular flexibility index (Phi) is 5.40. The van der Waals surface area contributed by atoms with Crippen molar-refractivity contribution in [2.75, 3.05) is 14.2 Å². The Morgan fingerprint density at radius 2 is 1.65 bits per heavy atom. The van der Waals surface area contributed by atoms with Crippen LogP contribution in [0.4, 0.5) is 0 Å². The lowest BCUT2D eigenvalue weighted by molar-refractivity contribution is 0.305. The minimum Gasteiger partial charge on any atom is -0.493 e. The molecule has 0 heterocycles. The van der Waals surface area contributed by atoms with Crippen LogP contribution in [0.5, 0.6) is 17.2 Å². The molecule has 3 rings (SSSR count). The lowest BCUT2D eigenvalue weighted by atomic mass is 10.0. The van der Waals surface area contributed by atoms with Gasteiger partial charge in [-0.05, 0) is 29.3 Å². The molecule has 4 heteroatoms. The number of nitrogens with zero attached hydrogens (tertiary/aromatic N) is 1. The number of ether oxygens (including phenoxy) is 3. The molecule has 0 bridgehead atoms. The molecule has 0 N–H and O–H groups in total. The molecule has 0 radical (unpaired) electrons. The molecule has 0 atom stereocenters. The van der Waals surface area contributed by atoms with Crippen LogP contribution in [0.25, 0.3) is 11.1 Å². The average Bonchev–Trinajstić information content (AvgIpc) is 2.72. The van der Waals surface area contributed by atoms with E-state index in [0.29, 0.717) is 29.4 Å². The third-order valence-corrected chi connectivity index (χ3v) is 4.05. The molecule has 0 aromatic heterocycles. The van der Waals surface area contributed by atoms with Gasteiger partial charge < -0.3 is 14.2 Å². The number of rotatable bonds is 6. The summed E-state index contributed by atoms with van der Waals surface area (Å²) in [5, 5.41) is 9.53. The second kappa shape index (κ2) is 8.09. The molecule has 4 nitrogen and oxygen atoms in total. The van der Waals surface area contributed by atoms with E-state index in [1.54, 1.807) is 20.3 Å². The fourth-order valence-corrected chi connectivity index (χ4v) is 2.76. The van der Waals surface area contributed by atoms with Crippen molar-refractivity contribution < 1.29 is 14.2 Å². The number of hydrogen-bond acceptors (Lipinski definition) is 4. The van der Waals surface area contributed by atoms with E-state index in [2.05, 4.69) is 6.07 Å². The van der Waals surface area contributed by atoms with Crippen molar-refractivity contribution in [3.63, 3.8) is 0 Å². The van der Waals surface area contributed by atoms with E-state index in [1.807, 2.05) is 60.7 Å². The first-order valence-corrected chi connectivity index (χ1v) is 8.19. The Labute approximate surface area is 153 Å². The topological polar surface area (TPSA) is 51.5 Å². The highest BCUT2D eigenvalue weighted by Gasteiger charge is 2.13. The lowest BCUT2D eigenvalue weighted by Crippen LogP contribution is -1.98. The molecule has 0 saturated heterocycles. The number of benzene rings is 3. The van der Waals surface area contributed by atoms with Crippen LogP contribution in [0.3, 0.4) is 0 Å². The average molecular weight is 345 g/mol. The SMILES string of the molecule is COc1cccc(-c2ccc(OCc3ccccc3)c(C#N)c2)c1OC. The van der Waals surface area contributed by atoms with Crippen LogP contribution in [0.2, 0.25) is 0 Å². The van der Waals surface area contributed by atoms with Crippen LogP contribution in [-0.2, 0) is 6.61 Å². The van der Waals surface area contributed by atoms with Crippen LogP contribution >= 0.6 is 0 Å². The summed E-state index contributed by atoms with van der Waals surface area (Å²) >= 11 is 0. The van der Waals surface area contributed by atoms with Crippen molar-refractivity contribution in [3.05, 3.63) is 77.9 Å². The van der Waals surface area contributed by atoms with E-state index in [9.17, 15) is 5.26 Å². The Balaban J connectivity index is 1.91. The second-order valence-electron chi connectivity index (χ2n) is 5.64. The summed E-state index contributed by atoms with van der Waals surface area (Å²) in [7, 11) is 3.20. The summed E-state index contributed by atoms with van der Waals surface area (Å²) in [6.07, 6.45) is 0. The van der Waals surface area contributed by atoms with Gasteiger partial charge in [0.2, 0.25) is 0 Å². The normalized spacial score (nSPS) is 10.0. The van der Waals surface area contributed by atoms with Gasteiger partial charge in [-0.25, -0.2) is 0 Å². The molecule has 0 fully saturated rings. The van der Waals surface area contributed by atoms with Gasteiger partial charge in [-0.1, -0.05) is 48.5 Å². The van der Waals surface area contributed by atoms with E-state index < -0.39 is 0 Å². The second-order valence-corrected chi connectivity index (χ2v) is 5.64. The largest absolute Gasteiger partial charge is 0.493 e. The summed E-state index contributed by atoms with van der Waals surface area (Å²) in [5.41, 5.74) is 3.25. The van der Waals surface area contributed by atoms with Crippen LogP contribution in [0.15, 0.2) is 66.7 Å². The third kappa shape index (κ3) is 3.62. The van der Waals surface area contributed by atoms with Gasteiger partial charge in [0, 0.05) is 5.56 Å². The smallest absolute Gasteiger partial charge is 0.168 e. The van der Waals surface area contributed by atoms with E-state index in [4.69, 9.17) is 14.2 Å². The molecule has 3 aromatic rings. The number of nitriles is 1. The summed E-state index contributed by atoms with van der Waals surface area (Å²) in [6, 6.07) is 23.3. The molecule has 130 valence electrons. The van der Waals surface area contributed by atoms with Crippen molar-refractivity contribution in [1.29, 1.82) is 5.26 Å². The Morgan fingerprint density at radius 1 is 0.846 bits per heavy atom. The maximum absolute atomic E-state index is 9.53. The molecule has 0 spiro atoms. The minimum absolute atomic E-state index is 0.414. The van der Waals surface area contributed by atoms with E-state index in [-0.39, 0.29) is 0 Å². The Hall–Kier alpha value is -3.45. The molecular formula is C22H19NO3. The highest BCUT2D eigenvalue weighted by Crippen LogP contribution is 2.39. The summed E-state index contributed by atoms with van der Waals surface area (Å²) in [5.74, 6) is 1.84. The highest BCUT2D eigenvalue weighted by molar-refractivity contribution is 5.75. The van der Waals surface area contributed by atoms with Gasteiger partial charge in [0.05, 0.1) is 19.8 Å². The maximum atomic E-state index is 9.53. The third-order valence-electron chi connectivity index (χ3n) is 4.05. The number of methoxy groups -OCH3 is 2.